The van der Waals surface area contributed by atoms with Crippen molar-refractivity contribution in [2.75, 3.05) is 0 Å². The van der Waals surface area contributed by atoms with Crippen LogP contribution < -0.4 is 15.0 Å². The van der Waals surface area contributed by atoms with Gasteiger partial charge >= 0.3 is 0 Å². The standard InChI is InChI=1S/C17H14N6O3S.C17H18N4O4S/c18-27(25,26)11-6-4-10(5-7-11)21-23-16-15-12(13-8-9-19-22-13)2-1-3-14(15)20-17(16)24;1-10(2)25-14-5-3-4-13-15(14)16(17(22)19-13)21-20-11-6-8-12(9-7-11)26(18,23)24/h1-9,20,24H,(H,19,22)(H2,18,25,26);3-10,19,22H,1-2H3,(H2,18,23,24). The van der Waals surface area contributed by atoms with Crippen LogP contribution in [0.25, 0.3) is 33.1 Å². The van der Waals surface area contributed by atoms with Crippen LogP contribution >= 0.6 is 0 Å². The van der Waals surface area contributed by atoms with Crippen molar-refractivity contribution in [2.24, 2.45) is 30.7 Å². The number of sulfonamides is 2. The number of hydrogen-bond donors (Lipinski definition) is 7. The highest BCUT2D eigenvalue weighted by molar-refractivity contribution is 7.89. The molecule has 0 aliphatic rings. The minimum atomic E-state index is -3.77. The van der Waals surface area contributed by atoms with Gasteiger partial charge in [-0.25, -0.2) is 27.1 Å². The molecular weight excluding hydrogens is 725 g/mol. The predicted octanol–water partition coefficient (Wildman–Crippen LogP) is 7.05. The van der Waals surface area contributed by atoms with Crippen molar-refractivity contribution in [3.63, 3.8) is 0 Å². The third-order valence-corrected chi connectivity index (χ3v) is 9.39. The first-order chi connectivity index (χ1) is 25.2. The fourth-order valence-corrected chi connectivity index (χ4v) is 6.23. The Bertz CT molecular complexity index is 2690. The van der Waals surface area contributed by atoms with E-state index in [4.69, 9.17) is 15.0 Å². The minimum Gasteiger partial charge on any atom is -0.493 e. The average molecular weight is 757 g/mol. The van der Waals surface area contributed by atoms with Crippen molar-refractivity contribution >= 4 is 64.6 Å². The second-order valence-corrected chi connectivity index (χ2v) is 14.8. The number of H-pyrrole nitrogens is 3. The number of nitrogens with two attached hydrogens (primary N) is 2. The molecule has 0 aliphatic carbocycles. The molecule has 3 heterocycles. The molecule has 0 unspecified atom stereocenters. The highest BCUT2D eigenvalue weighted by Crippen LogP contribution is 2.43. The molecule has 9 N–H and O–H groups in total. The topological polar surface area (TPSA) is 280 Å². The molecule has 53 heavy (non-hydrogen) atoms. The predicted molar refractivity (Wildman–Crippen MR) is 197 cm³/mol. The molecule has 7 rings (SSSR count). The Morgan fingerprint density at radius 1 is 0.660 bits per heavy atom. The van der Waals surface area contributed by atoms with Crippen molar-refractivity contribution in [3.8, 4) is 28.8 Å². The zero-order valence-electron chi connectivity index (χ0n) is 28.0. The van der Waals surface area contributed by atoms with Crippen LogP contribution in [-0.2, 0) is 20.0 Å². The van der Waals surface area contributed by atoms with Crippen molar-refractivity contribution in [1.82, 2.24) is 20.2 Å². The molecule has 0 saturated carbocycles. The number of aromatic amines is 3. The summed E-state index contributed by atoms with van der Waals surface area (Å²) in [6.45, 7) is 3.80. The van der Waals surface area contributed by atoms with E-state index in [1.165, 1.54) is 48.5 Å². The Morgan fingerprint density at radius 2 is 1.15 bits per heavy atom. The van der Waals surface area contributed by atoms with E-state index in [0.29, 0.717) is 38.9 Å². The molecule has 0 amide bonds. The lowest BCUT2D eigenvalue weighted by Gasteiger charge is -2.10. The quantitative estimate of drug-likeness (QED) is 0.0747. The van der Waals surface area contributed by atoms with Gasteiger partial charge in [0.2, 0.25) is 31.8 Å². The monoisotopic (exact) mass is 756 g/mol. The van der Waals surface area contributed by atoms with E-state index in [9.17, 15) is 27.0 Å². The first-order valence-electron chi connectivity index (χ1n) is 15.6. The summed E-state index contributed by atoms with van der Waals surface area (Å²) in [4.78, 5) is 5.67. The first kappa shape index (κ1) is 36.4. The van der Waals surface area contributed by atoms with Crippen LogP contribution in [0.3, 0.4) is 0 Å². The van der Waals surface area contributed by atoms with Gasteiger partial charge in [0.25, 0.3) is 0 Å². The van der Waals surface area contributed by atoms with Crippen molar-refractivity contribution in [1.29, 1.82) is 0 Å². The van der Waals surface area contributed by atoms with Crippen molar-refractivity contribution < 1.29 is 31.8 Å². The van der Waals surface area contributed by atoms with E-state index in [1.54, 1.807) is 18.3 Å². The van der Waals surface area contributed by atoms with E-state index in [1.807, 2.05) is 44.2 Å². The van der Waals surface area contributed by atoms with Gasteiger partial charge in [-0.2, -0.15) is 15.3 Å². The zero-order valence-corrected chi connectivity index (χ0v) is 29.6. The van der Waals surface area contributed by atoms with Crippen LogP contribution in [0.15, 0.2) is 127 Å². The molecule has 0 spiro atoms. The van der Waals surface area contributed by atoms with E-state index in [0.717, 1.165) is 11.3 Å². The molecule has 0 aliphatic heterocycles. The molecule has 0 fully saturated rings. The van der Waals surface area contributed by atoms with Crippen LogP contribution in [0, 0.1) is 0 Å². The second kappa shape index (κ2) is 14.7. The number of primary sulfonamides is 2. The second-order valence-electron chi connectivity index (χ2n) is 11.7. The first-order valence-corrected chi connectivity index (χ1v) is 18.7. The van der Waals surface area contributed by atoms with Crippen LogP contribution in [0.5, 0.6) is 17.5 Å². The van der Waals surface area contributed by atoms with Gasteiger partial charge in [-0.1, -0.05) is 18.2 Å². The zero-order chi connectivity index (χ0) is 37.9. The largest absolute Gasteiger partial charge is 0.493 e. The van der Waals surface area contributed by atoms with Crippen molar-refractivity contribution in [3.05, 3.63) is 97.2 Å². The number of benzene rings is 4. The number of nitrogens with zero attached hydrogens (tertiary/aromatic N) is 5. The van der Waals surface area contributed by atoms with Gasteiger partial charge in [0, 0.05) is 17.1 Å². The van der Waals surface area contributed by atoms with Crippen LogP contribution in [0.4, 0.5) is 22.7 Å². The maximum atomic E-state index is 11.3. The summed E-state index contributed by atoms with van der Waals surface area (Å²) in [6.07, 6.45) is 1.59. The maximum absolute atomic E-state index is 11.3. The van der Waals surface area contributed by atoms with Crippen LogP contribution in [0.2, 0.25) is 0 Å². The van der Waals surface area contributed by atoms with E-state index in [-0.39, 0.29) is 39.0 Å². The maximum Gasteiger partial charge on any atom is 0.238 e. The number of rotatable bonds is 9. The molecule has 0 radical (unpaired) electrons. The van der Waals surface area contributed by atoms with Gasteiger partial charge in [0.15, 0.2) is 11.4 Å². The Kier molecular flexibility index (Phi) is 10.1. The molecule has 4 aromatic carbocycles. The lowest BCUT2D eigenvalue weighted by molar-refractivity contribution is 0.245. The number of aromatic hydroxyl groups is 2. The van der Waals surface area contributed by atoms with Gasteiger partial charge in [-0.15, -0.1) is 10.2 Å². The van der Waals surface area contributed by atoms with Gasteiger partial charge in [-0.05, 0) is 86.6 Å². The fourth-order valence-electron chi connectivity index (χ4n) is 5.20. The van der Waals surface area contributed by atoms with Crippen LogP contribution in [-0.4, -0.2) is 53.3 Å². The minimum absolute atomic E-state index is 0.0148. The number of fused-ring (bicyclic) bond motifs is 2. The molecule has 0 atom stereocenters. The fraction of sp³-hybridized carbons (Fsp3) is 0.0882. The summed E-state index contributed by atoms with van der Waals surface area (Å²) in [5.74, 6) is 0.319. The number of ether oxygens (including phenoxy) is 1. The summed E-state index contributed by atoms with van der Waals surface area (Å²) in [6, 6.07) is 24.0. The molecule has 0 bridgehead atoms. The lowest BCUT2D eigenvalue weighted by atomic mass is 10.1. The average Bonchev–Trinajstić information content (AvgIpc) is 3.83. The van der Waals surface area contributed by atoms with Gasteiger partial charge < -0.3 is 24.9 Å². The highest BCUT2D eigenvalue weighted by atomic mass is 32.2. The van der Waals surface area contributed by atoms with Gasteiger partial charge in [0.05, 0.1) is 49.4 Å². The van der Waals surface area contributed by atoms with E-state index >= 15 is 0 Å². The number of azo groups is 2. The Labute approximate surface area is 302 Å². The Balaban J connectivity index is 0.000000182. The number of hydrogen-bond acceptors (Lipinski definition) is 12. The van der Waals surface area contributed by atoms with Gasteiger partial charge in [0.1, 0.15) is 5.75 Å². The van der Waals surface area contributed by atoms with E-state index < -0.39 is 20.0 Å². The molecular formula is C34H32N10O7S2. The summed E-state index contributed by atoms with van der Waals surface area (Å²) in [5, 5.41) is 55.1. The summed E-state index contributed by atoms with van der Waals surface area (Å²) < 4.78 is 50.9. The molecule has 7 aromatic rings. The number of nitrogens with one attached hydrogen (secondary N) is 3. The normalized spacial score (nSPS) is 12.2. The SMILES string of the molecule is CC(C)Oc1cccc2[nH]c(O)c(N=Nc3ccc(S(N)(=O)=O)cc3)c12.NS(=O)(=O)c1ccc(N=Nc2c(O)[nH]c3cccc(-c4ccn[nH]4)c23)cc1. The smallest absolute Gasteiger partial charge is 0.238 e. The molecule has 3 aromatic heterocycles. The molecule has 19 heteroatoms. The summed E-state index contributed by atoms with van der Waals surface area (Å²) >= 11 is 0. The van der Waals surface area contributed by atoms with Crippen molar-refractivity contribution in [2.45, 2.75) is 29.7 Å². The lowest BCUT2D eigenvalue weighted by Crippen LogP contribution is -2.11. The Hall–Kier alpha value is -6.41. The summed E-state index contributed by atoms with van der Waals surface area (Å²) in [7, 11) is -7.53. The molecule has 0 saturated heterocycles. The van der Waals surface area contributed by atoms with E-state index in [2.05, 4.69) is 40.6 Å². The van der Waals surface area contributed by atoms with Gasteiger partial charge in [-0.3, -0.25) is 5.10 Å². The highest BCUT2D eigenvalue weighted by Gasteiger charge is 2.18. The Morgan fingerprint density at radius 3 is 1.62 bits per heavy atom. The molecule has 272 valence electrons. The summed E-state index contributed by atoms with van der Waals surface area (Å²) in [5.41, 5.74) is 4.27. The third kappa shape index (κ3) is 8.23. The number of aromatic nitrogens is 4. The third-order valence-electron chi connectivity index (χ3n) is 7.53. The molecule has 17 nitrogen and oxygen atoms in total. The van der Waals surface area contributed by atoms with Crippen LogP contribution in [0.1, 0.15) is 13.8 Å².